The minimum absolute atomic E-state index is 0.780. The molecule has 0 aliphatic heterocycles. The van der Waals surface area contributed by atoms with Crippen molar-refractivity contribution in [3.63, 3.8) is 0 Å². The fraction of sp³-hybridized carbons (Fsp3) is 0.286. The highest BCUT2D eigenvalue weighted by Gasteiger charge is 2.06. The fourth-order valence-electron chi connectivity index (χ4n) is 1.76. The Kier molecular flexibility index (Phi) is 4.52. The Morgan fingerprint density at radius 2 is 2.06 bits per heavy atom. The maximum absolute atomic E-state index is 4.57. The summed E-state index contributed by atoms with van der Waals surface area (Å²) in [6.07, 6.45) is 2.65. The SMILES string of the molecule is CCNc1nc(Cc2ccccc2C)ncc1I. The molecule has 4 heteroatoms. The van der Waals surface area contributed by atoms with Crippen molar-refractivity contribution >= 4 is 28.4 Å². The van der Waals surface area contributed by atoms with Crippen LogP contribution >= 0.6 is 22.6 Å². The number of hydrogen-bond acceptors (Lipinski definition) is 3. The van der Waals surface area contributed by atoms with Crippen LogP contribution in [-0.2, 0) is 6.42 Å². The number of nitrogens with zero attached hydrogens (tertiary/aromatic N) is 2. The van der Waals surface area contributed by atoms with E-state index in [-0.39, 0.29) is 0 Å². The van der Waals surface area contributed by atoms with Gasteiger partial charge in [0.15, 0.2) is 0 Å². The van der Waals surface area contributed by atoms with Crippen LogP contribution in [0.1, 0.15) is 23.9 Å². The average Bonchev–Trinajstić information content (AvgIpc) is 2.36. The predicted octanol–water partition coefficient (Wildman–Crippen LogP) is 3.41. The molecule has 0 saturated heterocycles. The maximum Gasteiger partial charge on any atom is 0.143 e. The number of nitrogens with one attached hydrogen (secondary N) is 1. The second-order valence-corrected chi connectivity index (χ2v) is 5.28. The van der Waals surface area contributed by atoms with Crippen molar-refractivity contribution in [2.75, 3.05) is 11.9 Å². The van der Waals surface area contributed by atoms with Crippen LogP contribution in [0.4, 0.5) is 5.82 Å². The molecule has 2 rings (SSSR count). The van der Waals surface area contributed by atoms with Crippen molar-refractivity contribution in [1.82, 2.24) is 9.97 Å². The minimum Gasteiger partial charge on any atom is -0.369 e. The molecule has 0 aliphatic carbocycles. The van der Waals surface area contributed by atoms with Gasteiger partial charge in [0.25, 0.3) is 0 Å². The van der Waals surface area contributed by atoms with Crippen LogP contribution in [0.5, 0.6) is 0 Å². The zero-order chi connectivity index (χ0) is 13.0. The van der Waals surface area contributed by atoms with E-state index in [9.17, 15) is 0 Å². The smallest absolute Gasteiger partial charge is 0.143 e. The molecule has 0 spiro atoms. The van der Waals surface area contributed by atoms with Crippen LogP contribution in [0.3, 0.4) is 0 Å². The molecular weight excluding hydrogens is 337 g/mol. The van der Waals surface area contributed by atoms with Gasteiger partial charge >= 0.3 is 0 Å². The summed E-state index contributed by atoms with van der Waals surface area (Å²) in [6, 6.07) is 8.36. The van der Waals surface area contributed by atoms with Crippen LogP contribution in [-0.4, -0.2) is 16.5 Å². The molecule has 1 heterocycles. The molecule has 0 atom stereocenters. The first kappa shape index (κ1) is 13.3. The molecule has 0 amide bonds. The van der Waals surface area contributed by atoms with E-state index in [0.29, 0.717) is 0 Å². The lowest BCUT2D eigenvalue weighted by molar-refractivity contribution is 0.949. The van der Waals surface area contributed by atoms with Crippen molar-refractivity contribution < 1.29 is 0 Å². The van der Waals surface area contributed by atoms with Gasteiger partial charge in [0.2, 0.25) is 0 Å². The van der Waals surface area contributed by atoms with Gasteiger partial charge in [0.05, 0.1) is 3.57 Å². The Bertz CT molecular complexity index is 540. The zero-order valence-electron chi connectivity index (χ0n) is 10.6. The first-order valence-electron chi connectivity index (χ1n) is 6.00. The molecule has 0 unspecified atom stereocenters. The Morgan fingerprint density at radius 1 is 1.28 bits per heavy atom. The Balaban J connectivity index is 2.24. The molecule has 0 bridgehead atoms. The second kappa shape index (κ2) is 6.13. The molecule has 0 saturated carbocycles. The zero-order valence-corrected chi connectivity index (χ0v) is 12.7. The first-order valence-corrected chi connectivity index (χ1v) is 7.08. The van der Waals surface area contributed by atoms with Crippen LogP contribution in [0.25, 0.3) is 0 Å². The Labute approximate surface area is 121 Å². The number of hydrogen-bond donors (Lipinski definition) is 1. The van der Waals surface area contributed by atoms with Crippen molar-refractivity contribution in [3.05, 3.63) is 51.0 Å². The van der Waals surface area contributed by atoms with Gasteiger partial charge in [-0.15, -0.1) is 0 Å². The van der Waals surface area contributed by atoms with Crippen LogP contribution in [0, 0.1) is 10.5 Å². The Morgan fingerprint density at radius 3 is 2.78 bits per heavy atom. The highest BCUT2D eigenvalue weighted by Crippen LogP contribution is 2.16. The fourth-order valence-corrected chi connectivity index (χ4v) is 2.21. The maximum atomic E-state index is 4.57. The molecule has 0 fully saturated rings. The monoisotopic (exact) mass is 353 g/mol. The van der Waals surface area contributed by atoms with Gasteiger partial charge in [-0.3, -0.25) is 0 Å². The highest BCUT2D eigenvalue weighted by molar-refractivity contribution is 14.1. The Hall–Kier alpha value is -1.17. The van der Waals surface area contributed by atoms with E-state index in [1.807, 2.05) is 6.20 Å². The van der Waals surface area contributed by atoms with Crippen LogP contribution in [0.2, 0.25) is 0 Å². The van der Waals surface area contributed by atoms with E-state index in [1.165, 1.54) is 11.1 Å². The van der Waals surface area contributed by atoms with E-state index in [4.69, 9.17) is 0 Å². The molecule has 2 aromatic rings. The molecule has 1 aromatic heterocycles. The largest absolute Gasteiger partial charge is 0.369 e. The van der Waals surface area contributed by atoms with Crippen LogP contribution < -0.4 is 5.32 Å². The summed E-state index contributed by atoms with van der Waals surface area (Å²) in [5.74, 6) is 1.79. The molecule has 94 valence electrons. The number of halogens is 1. The van der Waals surface area contributed by atoms with Gasteiger partial charge in [-0.25, -0.2) is 9.97 Å². The third kappa shape index (κ3) is 3.19. The van der Waals surface area contributed by atoms with Gasteiger partial charge in [0, 0.05) is 19.2 Å². The third-order valence-corrected chi connectivity index (χ3v) is 3.54. The number of aromatic nitrogens is 2. The summed E-state index contributed by atoms with van der Waals surface area (Å²) in [5, 5.41) is 3.26. The lowest BCUT2D eigenvalue weighted by atomic mass is 10.1. The van der Waals surface area contributed by atoms with E-state index in [1.54, 1.807) is 0 Å². The van der Waals surface area contributed by atoms with Crippen molar-refractivity contribution in [2.45, 2.75) is 20.3 Å². The molecule has 1 aromatic carbocycles. The first-order chi connectivity index (χ1) is 8.70. The summed E-state index contributed by atoms with van der Waals surface area (Å²) >= 11 is 2.25. The normalized spacial score (nSPS) is 10.4. The standard InChI is InChI=1S/C14H16IN3/c1-3-16-14-12(15)9-17-13(18-14)8-11-7-5-4-6-10(11)2/h4-7,9H,3,8H2,1-2H3,(H,16,17,18). The topological polar surface area (TPSA) is 37.8 Å². The van der Waals surface area contributed by atoms with Gasteiger partial charge in [-0.1, -0.05) is 24.3 Å². The summed E-state index contributed by atoms with van der Waals surface area (Å²) in [5.41, 5.74) is 2.56. The molecule has 0 radical (unpaired) electrons. The average molecular weight is 353 g/mol. The lowest BCUT2D eigenvalue weighted by Crippen LogP contribution is -2.06. The van der Waals surface area contributed by atoms with E-state index in [0.717, 1.165) is 28.2 Å². The molecule has 3 nitrogen and oxygen atoms in total. The van der Waals surface area contributed by atoms with E-state index >= 15 is 0 Å². The predicted molar refractivity (Wildman–Crippen MR) is 82.9 cm³/mol. The number of aryl methyl sites for hydroxylation is 1. The van der Waals surface area contributed by atoms with Gasteiger partial charge in [-0.2, -0.15) is 0 Å². The van der Waals surface area contributed by atoms with Gasteiger partial charge in [-0.05, 0) is 47.6 Å². The van der Waals surface area contributed by atoms with E-state index in [2.05, 4.69) is 76.0 Å². The quantitative estimate of drug-likeness (QED) is 0.856. The van der Waals surface area contributed by atoms with Crippen molar-refractivity contribution in [2.24, 2.45) is 0 Å². The van der Waals surface area contributed by atoms with Crippen LogP contribution in [0.15, 0.2) is 30.5 Å². The molecule has 18 heavy (non-hydrogen) atoms. The van der Waals surface area contributed by atoms with E-state index < -0.39 is 0 Å². The highest BCUT2D eigenvalue weighted by atomic mass is 127. The summed E-state index contributed by atoms with van der Waals surface area (Å²) < 4.78 is 1.06. The molecular formula is C14H16IN3. The second-order valence-electron chi connectivity index (χ2n) is 4.12. The molecule has 1 N–H and O–H groups in total. The lowest BCUT2D eigenvalue weighted by Gasteiger charge is -2.08. The summed E-state index contributed by atoms with van der Waals surface area (Å²) in [6.45, 7) is 5.06. The van der Waals surface area contributed by atoms with Gasteiger partial charge < -0.3 is 5.32 Å². The van der Waals surface area contributed by atoms with Crippen molar-refractivity contribution in [3.8, 4) is 0 Å². The third-order valence-electron chi connectivity index (χ3n) is 2.75. The number of anilines is 1. The van der Waals surface area contributed by atoms with Gasteiger partial charge in [0.1, 0.15) is 11.6 Å². The number of benzene rings is 1. The number of rotatable bonds is 4. The minimum atomic E-state index is 0.780. The summed E-state index contributed by atoms with van der Waals surface area (Å²) in [7, 11) is 0. The summed E-state index contributed by atoms with van der Waals surface area (Å²) in [4.78, 5) is 8.97. The van der Waals surface area contributed by atoms with Crippen molar-refractivity contribution in [1.29, 1.82) is 0 Å². The molecule has 0 aliphatic rings.